The molecule has 2 N–H and O–H groups in total. The standard InChI is InChI=1S/C11H16O2/c1-9(12)4-2-5-10-6-3-7-11(13)8-10/h3,6-9,12-13H,2,4-5H2,1H3. The molecule has 13 heavy (non-hydrogen) atoms. The third kappa shape index (κ3) is 3.95. The molecule has 0 aromatic heterocycles. The second-order valence-electron chi connectivity index (χ2n) is 3.41. The van der Waals surface area contributed by atoms with E-state index in [9.17, 15) is 5.11 Å². The van der Waals surface area contributed by atoms with Crippen LogP contribution in [-0.2, 0) is 6.42 Å². The number of benzene rings is 1. The van der Waals surface area contributed by atoms with Gasteiger partial charge in [-0.2, -0.15) is 0 Å². The van der Waals surface area contributed by atoms with E-state index in [0.717, 1.165) is 24.8 Å². The molecular weight excluding hydrogens is 164 g/mol. The fourth-order valence-corrected chi connectivity index (χ4v) is 1.31. The number of hydrogen-bond donors (Lipinski definition) is 2. The molecule has 1 rings (SSSR count). The highest BCUT2D eigenvalue weighted by Crippen LogP contribution is 2.13. The van der Waals surface area contributed by atoms with Gasteiger partial charge in [-0.15, -0.1) is 0 Å². The maximum Gasteiger partial charge on any atom is 0.115 e. The van der Waals surface area contributed by atoms with Crippen molar-refractivity contribution in [2.75, 3.05) is 0 Å². The minimum atomic E-state index is -0.225. The summed E-state index contributed by atoms with van der Waals surface area (Å²) in [5, 5.41) is 18.2. The number of hydrogen-bond acceptors (Lipinski definition) is 2. The third-order valence-corrected chi connectivity index (χ3v) is 2.00. The Labute approximate surface area is 78.8 Å². The fraction of sp³-hybridized carbons (Fsp3) is 0.455. The maximum atomic E-state index is 9.17. The number of phenolic OH excluding ortho intramolecular Hbond substituents is 1. The Kier molecular flexibility index (Phi) is 3.77. The third-order valence-electron chi connectivity index (χ3n) is 2.00. The zero-order chi connectivity index (χ0) is 9.68. The first-order valence-electron chi connectivity index (χ1n) is 4.64. The van der Waals surface area contributed by atoms with E-state index in [1.807, 2.05) is 12.1 Å². The summed E-state index contributed by atoms with van der Waals surface area (Å²) in [6.07, 6.45) is 2.47. The first-order chi connectivity index (χ1) is 6.18. The van der Waals surface area contributed by atoms with Gasteiger partial charge in [0.05, 0.1) is 6.10 Å². The molecule has 1 aromatic carbocycles. The molecule has 0 spiro atoms. The van der Waals surface area contributed by atoms with Crippen molar-refractivity contribution in [2.24, 2.45) is 0 Å². The number of rotatable bonds is 4. The topological polar surface area (TPSA) is 40.5 Å². The predicted octanol–water partition coefficient (Wildman–Crippen LogP) is 2.10. The van der Waals surface area contributed by atoms with Crippen LogP contribution < -0.4 is 0 Å². The van der Waals surface area contributed by atoms with E-state index in [-0.39, 0.29) is 6.10 Å². The molecule has 1 atom stereocenters. The molecule has 0 saturated carbocycles. The SMILES string of the molecule is CC(O)CCCc1cccc(O)c1. The average Bonchev–Trinajstić information content (AvgIpc) is 2.03. The number of aliphatic hydroxyl groups is 1. The minimum Gasteiger partial charge on any atom is -0.508 e. The number of aromatic hydroxyl groups is 1. The quantitative estimate of drug-likeness (QED) is 0.745. The lowest BCUT2D eigenvalue weighted by molar-refractivity contribution is 0.182. The molecule has 0 amide bonds. The van der Waals surface area contributed by atoms with Crippen molar-refractivity contribution in [1.82, 2.24) is 0 Å². The van der Waals surface area contributed by atoms with Crippen LogP contribution >= 0.6 is 0 Å². The highest BCUT2D eigenvalue weighted by atomic mass is 16.3. The molecule has 0 heterocycles. The van der Waals surface area contributed by atoms with Gasteiger partial charge in [-0.3, -0.25) is 0 Å². The molecular formula is C11H16O2. The average molecular weight is 180 g/mol. The molecule has 0 bridgehead atoms. The van der Waals surface area contributed by atoms with Crippen LogP contribution in [0.3, 0.4) is 0 Å². The van der Waals surface area contributed by atoms with E-state index < -0.39 is 0 Å². The highest BCUT2D eigenvalue weighted by Gasteiger charge is 1.97. The molecule has 1 unspecified atom stereocenters. The van der Waals surface area contributed by atoms with Crippen molar-refractivity contribution in [2.45, 2.75) is 32.3 Å². The van der Waals surface area contributed by atoms with Crippen molar-refractivity contribution in [3.63, 3.8) is 0 Å². The first-order valence-corrected chi connectivity index (χ1v) is 4.64. The van der Waals surface area contributed by atoms with Crippen LogP contribution in [0.15, 0.2) is 24.3 Å². The Hall–Kier alpha value is -1.02. The molecule has 0 radical (unpaired) electrons. The first kappa shape index (κ1) is 10.1. The second kappa shape index (κ2) is 4.87. The van der Waals surface area contributed by atoms with E-state index >= 15 is 0 Å². The zero-order valence-corrected chi connectivity index (χ0v) is 7.90. The van der Waals surface area contributed by atoms with E-state index in [1.54, 1.807) is 19.1 Å². The lowest BCUT2D eigenvalue weighted by atomic mass is 10.1. The van der Waals surface area contributed by atoms with Crippen LogP contribution in [0.2, 0.25) is 0 Å². The van der Waals surface area contributed by atoms with Crippen LogP contribution in [0.4, 0.5) is 0 Å². The van der Waals surface area contributed by atoms with Gasteiger partial charge >= 0.3 is 0 Å². The van der Waals surface area contributed by atoms with Gasteiger partial charge in [0.1, 0.15) is 5.75 Å². The van der Waals surface area contributed by atoms with Gasteiger partial charge in [0.2, 0.25) is 0 Å². The van der Waals surface area contributed by atoms with Crippen molar-refractivity contribution in [1.29, 1.82) is 0 Å². The van der Waals surface area contributed by atoms with Gasteiger partial charge in [-0.05, 0) is 43.9 Å². The summed E-state index contributed by atoms with van der Waals surface area (Å²) >= 11 is 0. The Bertz CT molecular complexity index is 256. The summed E-state index contributed by atoms with van der Waals surface area (Å²) in [5.74, 6) is 0.314. The molecule has 2 heteroatoms. The molecule has 72 valence electrons. The predicted molar refractivity (Wildman–Crippen MR) is 52.7 cm³/mol. The Morgan fingerprint density at radius 2 is 2.15 bits per heavy atom. The van der Waals surface area contributed by atoms with Crippen LogP contribution in [0.5, 0.6) is 5.75 Å². The second-order valence-corrected chi connectivity index (χ2v) is 3.41. The number of aliphatic hydroxyl groups excluding tert-OH is 1. The molecule has 0 saturated heterocycles. The smallest absolute Gasteiger partial charge is 0.115 e. The van der Waals surface area contributed by atoms with Crippen molar-refractivity contribution >= 4 is 0 Å². The molecule has 1 aromatic rings. The van der Waals surface area contributed by atoms with Gasteiger partial charge in [0.25, 0.3) is 0 Å². The largest absolute Gasteiger partial charge is 0.508 e. The Morgan fingerprint density at radius 3 is 2.77 bits per heavy atom. The monoisotopic (exact) mass is 180 g/mol. The summed E-state index contributed by atoms with van der Waals surface area (Å²) in [7, 11) is 0. The van der Waals surface area contributed by atoms with Crippen molar-refractivity contribution in [3.8, 4) is 5.75 Å². The number of aryl methyl sites for hydroxylation is 1. The van der Waals surface area contributed by atoms with E-state index in [2.05, 4.69) is 0 Å². The van der Waals surface area contributed by atoms with Gasteiger partial charge in [0.15, 0.2) is 0 Å². The van der Waals surface area contributed by atoms with E-state index in [4.69, 9.17) is 5.11 Å². The van der Waals surface area contributed by atoms with Gasteiger partial charge < -0.3 is 10.2 Å². The molecule has 0 aliphatic rings. The lowest BCUT2D eigenvalue weighted by Gasteiger charge is -2.04. The molecule has 0 aliphatic carbocycles. The molecule has 2 nitrogen and oxygen atoms in total. The van der Waals surface area contributed by atoms with Crippen LogP contribution in [0, 0.1) is 0 Å². The Balaban J connectivity index is 2.37. The van der Waals surface area contributed by atoms with Crippen molar-refractivity contribution in [3.05, 3.63) is 29.8 Å². The van der Waals surface area contributed by atoms with Crippen LogP contribution in [-0.4, -0.2) is 16.3 Å². The summed E-state index contributed by atoms with van der Waals surface area (Å²) in [5.41, 5.74) is 1.13. The van der Waals surface area contributed by atoms with Gasteiger partial charge in [0, 0.05) is 0 Å². The highest BCUT2D eigenvalue weighted by molar-refractivity contribution is 5.27. The Morgan fingerprint density at radius 1 is 1.38 bits per heavy atom. The number of phenols is 1. The summed E-state index contributed by atoms with van der Waals surface area (Å²) < 4.78 is 0. The maximum absolute atomic E-state index is 9.17. The minimum absolute atomic E-state index is 0.225. The summed E-state index contributed by atoms with van der Waals surface area (Å²) in [4.78, 5) is 0. The molecule has 0 fully saturated rings. The van der Waals surface area contributed by atoms with Gasteiger partial charge in [-0.25, -0.2) is 0 Å². The van der Waals surface area contributed by atoms with E-state index in [1.165, 1.54) is 0 Å². The van der Waals surface area contributed by atoms with E-state index in [0.29, 0.717) is 5.75 Å². The zero-order valence-electron chi connectivity index (χ0n) is 7.90. The van der Waals surface area contributed by atoms with Gasteiger partial charge in [-0.1, -0.05) is 12.1 Å². The van der Waals surface area contributed by atoms with Crippen LogP contribution in [0.25, 0.3) is 0 Å². The lowest BCUT2D eigenvalue weighted by Crippen LogP contribution is -1.99. The normalized spacial score (nSPS) is 12.8. The van der Waals surface area contributed by atoms with Crippen molar-refractivity contribution < 1.29 is 10.2 Å². The van der Waals surface area contributed by atoms with Crippen LogP contribution in [0.1, 0.15) is 25.3 Å². The summed E-state index contributed by atoms with van der Waals surface area (Å²) in [6, 6.07) is 7.26. The molecule has 0 aliphatic heterocycles. The fourth-order valence-electron chi connectivity index (χ4n) is 1.31. The summed E-state index contributed by atoms with van der Waals surface area (Å²) in [6.45, 7) is 1.79.